The quantitative estimate of drug-likeness (QED) is 0.0315. The molecule has 1 amide bonds. The number of quaternary nitrogens is 1. The number of carbonyl (C=O) groups is 1. The van der Waals surface area contributed by atoms with E-state index in [2.05, 4.69) is 67.8 Å². The maximum atomic E-state index is 12.7. The normalized spacial score (nSPS) is 15.4. The summed E-state index contributed by atoms with van der Waals surface area (Å²) in [5, 5.41) is 13.6. The van der Waals surface area contributed by atoms with Gasteiger partial charge >= 0.3 is 0 Å². The van der Waals surface area contributed by atoms with Crippen molar-refractivity contribution >= 4 is 13.7 Å². The first-order chi connectivity index (χ1) is 23.0. The summed E-state index contributed by atoms with van der Waals surface area (Å²) < 4.78 is 22.9. The molecule has 0 aliphatic rings. The monoisotopic (exact) mass is 695 g/mol. The lowest BCUT2D eigenvalue weighted by Crippen LogP contribution is -2.45. The number of allylic oxidation sites excluding steroid dienone is 9. The van der Waals surface area contributed by atoms with Gasteiger partial charge in [-0.2, -0.15) is 0 Å². The summed E-state index contributed by atoms with van der Waals surface area (Å²) in [4.78, 5) is 25.0. The van der Waals surface area contributed by atoms with Gasteiger partial charge in [0, 0.05) is 6.42 Å². The van der Waals surface area contributed by atoms with Crippen LogP contribution in [0.4, 0.5) is 0 Å². The van der Waals surface area contributed by atoms with Crippen LogP contribution in [0.5, 0.6) is 0 Å². The van der Waals surface area contributed by atoms with Crippen LogP contribution in [-0.2, 0) is 18.4 Å². The van der Waals surface area contributed by atoms with Crippen LogP contribution in [0.2, 0.25) is 0 Å². The molecule has 3 atom stereocenters. The number of nitrogens with zero attached hydrogens (tertiary/aromatic N) is 1. The van der Waals surface area contributed by atoms with Gasteiger partial charge in [-0.15, -0.1) is 0 Å². The number of phosphoric acid groups is 1. The molecule has 0 aliphatic carbocycles. The Morgan fingerprint density at radius 1 is 0.729 bits per heavy atom. The predicted octanol–water partition coefficient (Wildman–Crippen LogP) is 8.88. The molecular formula is C39H71N2O6P. The zero-order valence-corrected chi connectivity index (χ0v) is 32.1. The Morgan fingerprint density at radius 2 is 1.27 bits per heavy atom. The Labute approximate surface area is 294 Å². The smallest absolute Gasteiger partial charge is 0.268 e. The van der Waals surface area contributed by atoms with Gasteiger partial charge in [0.15, 0.2) is 0 Å². The number of likely N-dealkylation sites (N-methyl/N-ethyl adjacent to an activating group) is 1. The van der Waals surface area contributed by atoms with Crippen molar-refractivity contribution < 1.29 is 32.9 Å². The number of hydrogen-bond acceptors (Lipinski definition) is 6. The van der Waals surface area contributed by atoms with Crippen molar-refractivity contribution in [2.45, 2.75) is 142 Å². The van der Waals surface area contributed by atoms with Crippen molar-refractivity contribution in [1.82, 2.24) is 5.32 Å². The second-order valence-corrected chi connectivity index (χ2v) is 15.0. The van der Waals surface area contributed by atoms with Gasteiger partial charge in [-0.3, -0.25) is 9.36 Å². The lowest BCUT2D eigenvalue weighted by Gasteiger charge is -2.29. The van der Waals surface area contributed by atoms with Gasteiger partial charge in [0.25, 0.3) is 7.82 Å². The molecular weight excluding hydrogens is 623 g/mol. The zero-order chi connectivity index (χ0) is 35.8. The molecule has 3 unspecified atom stereocenters. The predicted molar refractivity (Wildman–Crippen MR) is 201 cm³/mol. The van der Waals surface area contributed by atoms with Crippen molar-refractivity contribution in [2.24, 2.45) is 0 Å². The number of unbranched alkanes of at least 4 members (excludes halogenated alkanes) is 11. The summed E-state index contributed by atoms with van der Waals surface area (Å²) in [6.07, 6.45) is 38.6. The van der Waals surface area contributed by atoms with Crippen molar-refractivity contribution in [2.75, 3.05) is 40.9 Å². The van der Waals surface area contributed by atoms with Gasteiger partial charge < -0.3 is 28.8 Å². The fourth-order valence-corrected chi connectivity index (χ4v) is 5.37. The maximum absolute atomic E-state index is 12.7. The van der Waals surface area contributed by atoms with Gasteiger partial charge in [0.05, 0.1) is 39.9 Å². The van der Waals surface area contributed by atoms with E-state index < -0.39 is 26.6 Å². The molecule has 8 nitrogen and oxygen atoms in total. The van der Waals surface area contributed by atoms with Crippen molar-refractivity contribution in [1.29, 1.82) is 0 Å². The lowest BCUT2D eigenvalue weighted by atomic mass is 10.1. The van der Waals surface area contributed by atoms with Gasteiger partial charge in [0.2, 0.25) is 5.91 Å². The van der Waals surface area contributed by atoms with Gasteiger partial charge in [-0.1, -0.05) is 120 Å². The largest absolute Gasteiger partial charge is 0.756 e. The molecule has 0 saturated heterocycles. The third kappa shape index (κ3) is 32.7. The zero-order valence-electron chi connectivity index (χ0n) is 31.2. The molecule has 48 heavy (non-hydrogen) atoms. The Hall–Kier alpha value is -1.80. The van der Waals surface area contributed by atoms with Gasteiger partial charge in [-0.05, 0) is 64.2 Å². The van der Waals surface area contributed by atoms with Crippen LogP contribution in [0.15, 0.2) is 60.8 Å². The highest BCUT2D eigenvalue weighted by atomic mass is 31.2. The molecule has 0 aliphatic heterocycles. The SMILES string of the molecule is CCC/C=C/CC/C=C/C(O)C(COP(=O)([O-])OCC[N+](C)(C)C)NC(=O)CCCCCCCC/C=C\C/C=C\C/C=C\CCCCC. The number of hydrogen-bond donors (Lipinski definition) is 2. The minimum Gasteiger partial charge on any atom is -0.756 e. The number of carbonyl (C=O) groups excluding carboxylic acids is 1. The molecule has 0 rings (SSSR count). The van der Waals surface area contributed by atoms with Crippen LogP contribution in [0, 0.1) is 0 Å². The van der Waals surface area contributed by atoms with E-state index in [9.17, 15) is 19.4 Å². The molecule has 0 aromatic rings. The first-order valence-electron chi connectivity index (χ1n) is 18.7. The van der Waals surface area contributed by atoms with Crippen molar-refractivity contribution in [3.63, 3.8) is 0 Å². The minimum absolute atomic E-state index is 0.0127. The van der Waals surface area contributed by atoms with Crippen LogP contribution in [0.25, 0.3) is 0 Å². The number of phosphoric ester groups is 1. The summed E-state index contributed by atoms with van der Waals surface area (Å²) in [5.41, 5.74) is 0. The number of aliphatic hydroxyl groups excluding tert-OH is 1. The third-order valence-electron chi connectivity index (χ3n) is 7.68. The summed E-state index contributed by atoms with van der Waals surface area (Å²) in [6.45, 7) is 4.43. The molecule has 0 aromatic carbocycles. The second-order valence-electron chi connectivity index (χ2n) is 13.6. The molecule has 0 fully saturated rings. The second kappa shape index (κ2) is 31.2. The first-order valence-corrected chi connectivity index (χ1v) is 20.1. The fraction of sp³-hybridized carbons (Fsp3) is 0.718. The highest BCUT2D eigenvalue weighted by Crippen LogP contribution is 2.38. The standard InChI is InChI=1S/C39H71N2O6P/c1-6-8-10-12-14-15-16-17-18-19-20-21-22-23-24-25-27-29-31-33-39(43)40-37(38(42)32-30-28-26-13-11-9-7-2)36-47-48(44,45)46-35-34-41(3,4)5/h11,13-15,17-18,20-21,30,32,37-38,42H,6-10,12,16,19,22-29,31,33-36H2,1-5H3,(H-,40,43,44,45)/b13-11+,15-14-,18-17-,21-20-,32-30+. The van der Waals surface area contributed by atoms with Gasteiger partial charge in [-0.25, -0.2) is 0 Å². The highest BCUT2D eigenvalue weighted by molar-refractivity contribution is 7.45. The van der Waals surface area contributed by atoms with E-state index in [1.165, 1.54) is 38.5 Å². The topological polar surface area (TPSA) is 108 Å². The minimum atomic E-state index is -4.59. The van der Waals surface area contributed by atoms with E-state index >= 15 is 0 Å². The molecule has 278 valence electrons. The van der Waals surface area contributed by atoms with E-state index in [1.807, 2.05) is 27.2 Å². The van der Waals surface area contributed by atoms with E-state index in [0.717, 1.165) is 70.6 Å². The molecule has 0 saturated carbocycles. The molecule has 0 heterocycles. The van der Waals surface area contributed by atoms with E-state index in [4.69, 9.17) is 9.05 Å². The average Bonchev–Trinajstić information content (AvgIpc) is 3.02. The third-order valence-corrected chi connectivity index (χ3v) is 8.65. The fourth-order valence-electron chi connectivity index (χ4n) is 4.65. The maximum Gasteiger partial charge on any atom is 0.268 e. The molecule has 9 heteroatoms. The lowest BCUT2D eigenvalue weighted by molar-refractivity contribution is -0.870. The molecule has 0 radical (unpaired) electrons. The number of amides is 1. The number of aliphatic hydroxyl groups is 1. The molecule has 0 aromatic heterocycles. The van der Waals surface area contributed by atoms with Crippen molar-refractivity contribution in [3.8, 4) is 0 Å². The van der Waals surface area contributed by atoms with E-state index in [0.29, 0.717) is 17.4 Å². The van der Waals surface area contributed by atoms with Crippen LogP contribution < -0.4 is 10.2 Å². The Bertz CT molecular complexity index is 970. The van der Waals surface area contributed by atoms with Crippen molar-refractivity contribution in [3.05, 3.63) is 60.8 Å². The van der Waals surface area contributed by atoms with Crippen LogP contribution >= 0.6 is 7.82 Å². The Morgan fingerprint density at radius 3 is 1.90 bits per heavy atom. The number of nitrogens with one attached hydrogen (secondary N) is 1. The summed E-state index contributed by atoms with van der Waals surface area (Å²) in [7, 11) is 1.22. The van der Waals surface area contributed by atoms with Gasteiger partial charge in [0.1, 0.15) is 13.2 Å². The molecule has 0 bridgehead atoms. The first kappa shape index (κ1) is 46.2. The van der Waals surface area contributed by atoms with Crippen LogP contribution in [-0.4, -0.2) is 68.5 Å². The van der Waals surface area contributed by atoms with E-state index in [1.54, 1.807) is 6.08 Å². The Balaban J connectivity index is 4.41. The molecule has 0 spiro atoms. The molecule has 2 N–H and O–H groups in total. The summed E-state index contributed by atoms with van der Waals surface area (Å²) in [6, 6.07) is -0.908. The number of rotatable bonds is 32. The van der Waals surface area contributed by atoms with E-state index in [-0.39, 0.29) is 12.5 Å². The summed E-state index contributed by atoms with van der Waals surface area (Å²) >= 11 is 0. The van der Waals surface area contributed by atoms with Crippen LogP contribution in [0.1, 0.15) is 129 Å². The van der Waals surface area contributed by atoms with Crippen LogP contribution in [0.3, 0.4) is 0 Å². The average molecular weight is 695 g/mol. The highest BCUT2D eigenvalue weighted by Gasteiger charge is 2.23. The summed E-state index contributed by atoms with van der Waals surface area (Å²) in [5.74, 6) is -0.229. The Kier molecular flexibility index (Phi) is 30.0.